The molecule has 1 unspecified atom stereocenters. The summed E-state index contributed by atoms with van der Waals surface area (Å²) in [5, 5.41) is 8.04. The number of anilines is 1. The number of para-hydroxylation sites is 1. The molecule has 1 aromatic heterocycles. The molecule has 1 atom stereocenters. The highest BCUT2D eigenvalue weighted by Gasteiger charge is 2.21. The van der Waals surface area contributed by atoms with Crippen molar-refractivity contribution in [3.8, 4) is 0 Å². The van der Waals surface area contributed by atoms with Crippen LogP contribution in [0.3, 0.4) is 0 Å². The van der Waals surface area contributed by atoms with Crippen LogP contribution in [-0.2, 0) is 4.79 Å². The lowest BCUT2D eigenvalue weighted by Gasteiger charge is -2.16. The van der Waals surface area contributed by atoms with Crippen LogP contribution < -0.4 is 5.32 Å². The minimum absolute atomic E-state index is 0.248. The van der Waals surface area contributed by atoms with Gasteiger partial charge in [0.2, 0.25) is 5.91 Å². The van der Waals surface area contributed by atoms with Crippen LogP contribution in [0.1, 0.15) is 19.4 Å². The molecule has 0 fully saturated rings. The quantitative estimate of drug-likeness (QED) is 0.900. The van der Waals surface area contributed by atoms with Crippen molar-refractivity contribution < 1.29 is 4.79 Å². The minimum Gasteiger partial charge on any atom is -0.322 e. The minimum atomic E-state index is -0.477. The molecule has 0 bridgehead atoms. The van der Waals surface area contributed by atoms with Crippen LogP contribution in [0.2, 0.25) is 15.1 Å². The summed E-state index contributed by atoms with van der Waals surface area (Å²) in [6.45, 7) is 1.88. The van der Waals surface area contributed by atoms with E-state index >= 15 is 0 Å². The average Bonchev–Trinajstić information content (AvgIpc) is 2.81. The van der Waals surface area contributed by atoms with Gasteiger partial charge < -0.3 is 5.32 Å². The Labute approximate surface area is 131 Å². The van der Waals surface area contributed by atoms with Crippen molar-refractivity contribution in [1.82, 2.24) is 9.78 Å². The molecule has 0 aliphatic heterocycles. The molecule has 0 aliphatic carbocycles. The van der Waals surface area contributed by atoms with E-state index < -0.39 is 6.04 Å². The zero-order valence-corrected chi connectivity index (χ0v) is 12.9. The first-order chi connectivity index (χ1) is 9.52. The predicted molar refractivity (Wildman–Crippen MR) is 81.7 cm³/mol. The molecule has 20 heavy (non-hydrogen) atoms. The average molecular weight is 333 g/mol. The van der Waals surface area contributed by atoms with E-state index in [9.17, 15) is 4.79 Å². The standard InChI is InChI=1S/C13H12Cl3N3O/c1-2-11(19-7-8(14)6-17-19)13(20)18-12-9(15)4-3-5-10(12)16/h3-7,11H,2H2,1H3,(H,18,20). The summed E-state index contributed by atoms with van der Waals surface area (Å²) in [4.78, 5) is 12.3. The number of carbonyl (C=O) groups excluding carboxylic acids is 1. The third kappa shape index (κ3) is 3.26. The number of amides is 1. The van der Waals surface area contributed by atoms with E-state index in [1.165, 1.54) is 10.9 Å². The van der Waals surface area contributed by atoms with Gasteiger partial charge in [-0.3, -0.25) is 9.48 Å². The fraction of sp³-hybridized carbons (Fsp3) is 0.231. The lowest BCUT2D eigenvalue weighted by atomic mass is 10.2. The molecule has 2 rings (SSSR count). The van der Waals surface area contributed by atoms with Crippen molar-refractivity contribution >= 4 is 46.4 Å². The molecule has 1 heterocycles. The van der Waals surface area contributed by atoms with Gasteiger partial charge in [0.15, 0.2) is 0 Å². The van der Waals surface area contributed by atoms with Crippen LogP contribution in [0.4, 0.5) is 5.69 Å². The number of aromatic nitrogens is 2. The monoisotopic (exact) mass is 331 g/mol. The Morgan fingerprint density at radius 1 is 1.35 bits per heavy atom. The fourth-order valence-corrected chi connectivity index (χ4v) is 2.44. The van der Waals surface area contributed by atoms with Gasteiger partial charge in [0.25, 0.3) is 0 Å². The van der Waals surface area contributed by atoms with Gasteiger partial charge in [0.05, 0.1) is 27.0 Å². The summed E-state index contributed by atoms with van der Waals surface area (Å²) in [7, 11) is 0. The highest BCUT2D eigenvalue weighted by molar-refractivity contribution is 6.39. The zero-order chi connectivity index (χ0) is 14.7. The summed E-state index contributed by atoms with van der Waals surface area (Å²) < 4.78 is 1.52. The van der Waals surface area contributed by atoms with Crippen LogP contribution >= 0.6 is 34.8 Å². The molecule has 0 spiro atoms. The van der Waals surface area contributed by atoms with Gasteiger partial charge in [-0.2, -0.15) is 5.10 Å². The lowest BCUT2D eigenvalue weighted by Crippen LogP contribution is -2.26. The van der Waals surface area contributed by atoms with Crippen LogP contribution in [0, 0.1) is 0 Å². The molecular formula is C13H12Cl3N3O. The summed E-state index contributed by atoms with van der Waals surface area (Å²) in [5.74, 6) is -0.248. The van der Waals surface area contributed by atoms with Gasteiger partial charge in [0.1, 0.15) is 6.04 Å². The summed E-state index contributed by atoms with van der Waals surface area (Å²) >= 11 is 17.9. The van der Waals surface area contributed by atoms with Crippen molar-refractivity contribution in [3.05, 3.63) is 45.7 Å². The van der Waals surface area contributed by atoms with E-state index in [0.717, 1.165) is 0 Å². The lowest BCUT2D eigenvalue weighted by molar-refractivity contribution is -0.119. The van der Waals surface area contributed by atoms with E-state index in [2.05, 4.69) is 10.4 Å². The highest BCUT2D eigenvalue weighted by atomic mass is 35.5. The third-order valence-electron chi connectivity index (χ3n) is 2.79. The van der Waals surface area contributed by atoms with E-state index in [4.69, 9.17) is 34.8 Å². The molecule has 0 saturated carbocycles. The Hall–Kier alpha value is -1.23. The molecule has 1 aromatic carbocycles. The van der Waals surface area contributed by atoms with E-state index in [0.29, 0.717) is 27.2 Å². The second-order valence-electron chi connectivity index (χ2n) is 4.15. The number of hydrogen-bond donors (Lipinski definition) is 1. The van der Waals surface area contributed by atoms with Gasteiger partial charge in [-0.05, 0) is 18.6 Å². The molecule has 2 aromatic rings. The number of hydrogen-bond acceptors (Lipinski definition) is 2. The van der Waals surface area contributed by atoms with E-state index in [1.54, 1.807) is 24.4 Å². The first-order valence-electron chi connectivity index (χ1n) is 5.97. The SMILES string of the molecule is CCC(C(=O)Nc1c(Cl)cccc1Cl)n1cc(Cl)cn1. The topological polar surface area (TPSA) is 46.9 Å². The summed E-state index contributed by atoms with van der Waals surface area (Å²) in [6.07, 6.45) is 3.65. The first kappa shape index (κ1) is 15.2. The number of carbonyl (C=O) groups is 1. The molecule has 0 saturated heterocycles. The normalized spacial score (nSPS) is 12.2. The third-order valence-corrected chi connectivity index (χ3v) is 3.61. The molecule has 0 aliphatic rings. The molecule has 7 heteroatoms. The zero-order valence-electron chi connectivity index (χ0n) is 10.6. The smallest absolute Gasteiger partial charge is 0.249 e. The van der Waals surface area contributed by atoms with Crippen molar-refractivity contribution in [2.75, 3.05) is 5.32 Å². The number of benzene rings is 1. The molecule has 4 nitrogen and oxygen atoms in total. The second kappa shape index (κ2) is 6.48. The number of halogens is 3. The van der Waals surface area contributed by atoms with Gasteiger partial charge in [-0.25, -0.2) is 0 Å². The van der Waals surface area contributed by atoms with Crippen LogP contribution in [0.15, 0.2) is 30.6 Å². The Kier molecular flexibility index (Phi) is 4.91. The Balaban J connectivity index is 2.22. The van der Waals surface area contributed by atoms with Gasteiger partial charge >= 0.3 is 0 Å². The Morgan fingerprint density at radius 3 is 2.50 bits per heavy atom. The van der Waals surface area contributed by atoms with Crippen molar-refractivity contribution in [2.24, 2.45) is 0 Å². The number of nitrogens with zero attached hydrogens (tertiary/aromatic N) is 2. The van der Waals surface area contributed by atoms with Crippen LogP contribution in [-0.4, -0.2) is 15.7 Å². The predicted octanol–water partition coefficient (Wildman–Crippen LogP) is 4.43. The highest BCUT2D eigenvalue weighted by Crippen LogP contribution is 2.30. The van der Waals surface area contributed by atoms with Crippen molar-refractivity contribution in [3.63, 3.8) is 0 Å². The molecule has 106 valence electrons. The largest absolute Gasteiger partial charge is 0.322 e. The number of nitrogens with one attached hydrogen (secondary N) is 1. The maximum absolute atomic E-state index is 12.3. The number of rotatable bonds is 4. The Morgan fingerprint density at radius 2 is 2.00 bits per heavy atom. The molecule has 1 N–H and O–H groups in total. The molecule has 0 radical (unpaired) electrons. The Bertz CT molecular complexity index is 607. The fourth-order valence-electron chi connectivity index (χ4n) is 1.80. The van der Waals surface area contributed by atoms with Gasteiger partial charge in [-0.1, -0.05) is 47.8 Å². The summed E-state index contributed by atoms with van der Waals surface area (Å²) in [5.41, 5.74) is 0.400. The maximum atomic E-state index is 12.3. The van der Waals surface area contributed by atoms with Gasteiger partial charge in [0, 0.05) is 6.20 Å². The summed E-state index contributed by atoms with van der Waals surface area (Å²) in [6, 6.07) is 4.56. The molecule has 1 amide bonds. The first-order valence-corrected chi connectivity index (χ1v) is 7.10. The van der Waals surface area contributed by atoms with Gasteiger partial charge in [-0.15, -0.1) is 0 Å². The van der Waals surface area contributed by atoms with Crippen LogP contribution in [0.25, 0.3) is 0 Å². The van der Waals surface area contributed by atoms with Crippen molar-refractivity contribution in [1.29, 1.82) is 0 Å². The van der Waals surface area contributed by atoms with Crippen molar-refractivity contribution in [2.45, 2.75) is 19.4 Å². The molecular weight excluding hydrogens is 321 g/mol. The van der Waals surface area contributed by atoms with Crippen LogP contribution in [0.5, 0.6) is 0 Å². The maximum Gasteiger partial charge on any atom is 0.249 e. The second-order valence-corrected chi connectivity index (χ2v) is 5.40. The van der Waals surface area contributed by atoms with E-state index in [-0.39, 0.29) is 5.91 Å². The van der Waals surface area contributed by atoms with E-state index in [1.807, 2.05) is 6.92 Å².